The molecular weight excluding hydrogens is 326 g/mol. The fourth-order valence-corrected chi connectivity index (χ4v) is 3.19. The fraction of sp³-hybridized carbons (Fsp3) is 0.235. The summed E-state index contributed by atoms with van der Waals surface area (Å²) in [6.07, 6.45) is 0. The average molecular weight is 344 g/mol. The van der Waals surface area contributed by atoms with Crippen molar-refractivity contribution < 1.29 is 0 Å². The van der Waals surface area contributed by atoms with Crippen LogP contribution in [0.25, 0.3) is 22.4 Å². The molecule has 0 unspecified atom stereocenters. The topological polar surface area (TPSA) is 43.8 Å². The zero-order valence-electron chi connectivity index (χ0n) is 12.4. The van der Waals surface area contributed by atoms with Crippen molar-refractivity contribution in [3.05, 3.63) is 46.4 Å². The Morgan fingerprint density at radius 1 is 1.14 bits per heavy atom. The molecule has 2 N–H and O–H groups in total. The number of aryl methyl sites for hydroxylation is 1. The first-order chi connectivity index (χ1) is 9.95. The molecule has 0 spiro atoms. The van der Waals surface area contributed by atoms with Crippen molar-refractivity contribution in [1.29, 1.82) is 0 Å². The summed E-state index contributed by atoms with van der Waals surface area (Å²) in [5, 5.41) is 0. The molecule has 0 saturated heterocycles. The van der Waals surface area contributed by atoms with Crippen LogP contribution in [-0.4, -0.2) is 9.55 Å². The zero-order chi connectivity index (χ0) is 15.1. The quantitative estimate of drug-likeness (QED) is 0.670. The molecule has 2 aromatic carbocycles. The predicted octanol–water partition coefficient (Wildman–Crippen LogP) is 4.94. The Morgan fingerprint density at radius 3 is 2.57 bits per heavy atom. The molecule has 0 saturated carbocycles. The molecule has 3 nitrogen and oxygen atoms in total. The molecule has 1 heterocycles. The van der Waals surface area contributed by atoms with Gasteiger partial charge in [0.1, 0.15) is 5.82 Å². The lowest BCUT2D eigenvalue weighted by molar-refractivity contribution is 0.624. The molecule has 3 rings (SSSR count). The van der Waals surface area contributed by atoms with Crippen molar-refractivity contribution in [3.63, 3.8) is 0 Å². The Morgan fingerprint density at radius 2 is 1.90 bits per heavy atom. The number of halogens is 1. The number of fused-ring (bicyclic) bond motifs is 1. The van der Waals surface area contributed by atoms with Crippen LogP contribution in [0.5, 0.6) is 0 Å². The monoisotopic (exact) mass is 343 g/mol. The van der Waals surface area contributed by atoms with E-state index in [4.69, 9.17) is 10.7 Å². The number of hydrogen-bond donors (Lipinski definition) is 1. The average Bonchev–Trinajstić information content (AvgIpc) is 2.75. The number of benzene rings is 2. The number of nitrogens with zero attached hydrogens (tertiary/aromatic N) is 2. The lowest BCUT2D eigenvalue weighted by atomic mass is 10.2. The smallest absolute Gasteiger partial charge is 0.141 e. The van der Waals surface area contributed by atoms with Gasteiger partial charge >= 0.3 is 0 Å². The van der Waals surface area contributed by atoms with E-state index in [1.807, 2.05) is 12.1 Å². The largest absolute Gasteiger partial charge is 0.399 e. The Labute approximate surface area is 132 Å². The number of nitrogens with two attached hydrogens (primary N) is 1. The maximum Gasteiger partial charge on any atom is 0.141 e. The van der Waals surface area contributed by atoms with Crippen LogP contribution in [0.4, 0.5) is 5.69 Å². The summed E-state index contributed by atoms with van der Waals surface area (Å²) >= 11 is 3.51. The first kappa shape index (κ1) is 14.1. The van der Waals surface area contributed by atoms with Gasteiger partial charge in [-0.15, -0.1) is 0 Å². The van der Waals surface area contributed by atoms with E-state index in [9.17, 15) is 0 Å². The second-order valence-corrected chi connectivity index (χ2v) is 6.58. The van der Waals surface area contributed by atoms with Crippen LogP contribution in [0.15, 0.2) is 40.9 Å². The van der Waals surface area contributed by atoms with Crippen LogP contribution in [0.3, 0.4) is 0 Å². The van der Waals surface area contributed by atoms with Crippen LogP contribution in [-0.2, 0) is 0 Å². The van der Waals surface area contributed by atoms with E-state index in [0.29, 0.717) is 6.04 Å². The SMILES string of the molecule is Cc1ccc2c(c1)nc(-c1cc(N)cc(Br)c1)n2C(C)C. The molecule has 0 bridgehead atoms. The van der Waals surface area contributed by atoms with Crippen LogP contribution in [0.1, 0.15) is 25.5 Å². The molecule has 0 aliphatic carbocycles. The first-order valence-corrected chi connectivity index (χ1v) is 7.80. The minimum absolute atomic E-state index is 0.327. The number of imidazole rings is 1. The molecule has 0 radical (unpaired) electrons. The van der Waals surface area contributed by atoms with Gasteiger partial charge in [0.2, 0.25) is 0 Å². The summed E-state index contributed by atoms with van der Waals surface area (Å²) in [5.41, 5.74) is 11.1. The van der Waals surface area contributed by atoms with Gasteiger partial charge in [-0.1, -0.05) is 22.0 Å². The lowest BCUT2D eigenvalue weighted by Gasteiger charge is -2.13. The molecule has 0 aliphatic rings. The minimum Gasteiger partial charge on any atom is -0.399 e. The zero-order valence-corrected chi connectivity index (χ0v) is 14.0. The van der Waals surface area contributed by atoms with E-state index in [2.05, 4.69) is 65.5 Å². The van der Waals surface area contributed by atoms with Crippen molar-refractivity contribution in [2.75, 3.05) is 5.73 Å². The highest BCUT2D eigenvalue weighted by Crippen LogP contribution is 2.31. The maximum absolute atomic E-state index is 5.97. The third-order valence-corrected chi connectivity index (χ3v) is 4.00. The van der Waals surface area contributed by atoms with Crippen LogP contribution >= 0.6 is 15.9 Å². The van der Waals surface area contributed by atoms with Crippen molar-refractivity contribution in [2.24, 2.45) is 0 Å². The van der Waals surface area contributed by atoms with E-state index >= 15 is 0 Å². The Bertz CT molecular complexity index is 798. The van der Waals surface area contributed by atoms with E-state index in [1.54, 1.807) is 0 Å². The number of anilines is 1. The van der Waals surface area contributed by atoms with Crippen molar-refractivity contribution in [2.45, 2.75) is 26.8 Å². The summed E-state index contributed by atoms with van der Waals surface area (Å²) in [7, 11) is 0. The van der Waals surface area contributed by atoms with E-state index in [1.165, 1.54) is 5.56 Å². The van der Waals surface area contributed by atoms with Gasteiger partial charge in [-0.25, -0.2) is 4.98 Å². The molecule has 0 fully saturated rings. The Kier molecular flexibility index (Phi) is 3.49. The predicted molar refractivity (Wildman–Crippen MR) is 92.4 cm³/mol. The highest BCUT2D eigenvalue weighted by molar-refractivity contribution is 9.10. The van der Waals surface area contributed by atoms with Crippen molar-refractivity contribution in [1.82, 2.24) is 9.55 Å². The summed E-state index contributed by atoms with van der Waals surface area (Å²) < 4.78 is 3.23. The van der Waals surface area contributed by atoms with Crippen molar-refractivity contribution in [3.8, 4) is 11.4 Å². The molecular formula is C17H18BrN3. The van der Waals surface area contributed by atoms with Gasteiger partial charge in [-0.2, -0.15) is 0 Å². The number of rotatable bonds is 2. The lowest BCUT2D eigenvalue weighted by Crippen LogP contribution is -2.03. The standard InChI is InChI=1S/C17H18BrN3/c1-10(2)21-16-5-4-11(3)6-15(16)20-17(21)12-7-13(18)9-14(19)8-12/h4-10H,19H2,1-3H3. The molecule has 21 heavy (non-hydrogen) atoms. The van der Waals surface area contributed by atoms with E-state index in [-0.39, 0.29) is 0 Å². The van der Waals surface area contributed by atoms with Gasteiger partial charge in [0.15, 0.2) is 0 Å². The Hall–Kier alpha value is -1.81. The Balaban J connectivity index is 2.33. The van der Waals surface area contributed by atoms with Gasteiger partial charge in [0, 0.05) is 21.8 Å². The highest BCUT2D eigenvalue weighted by atomic mass is 79.9. The van der Waals surface area contributed by atoms with Gasteiger partial charge in [-0.3, -0.25) is 0 Å². The first-order valence-electron chi connectivity index (χ1n) is 7.01. The third kappa shape index (κ3) is 2.56. The van der Waals surface area contributed by atoms with Gasteiger partial charge in [0.05, 0.1) is 11.0 Å². The fourth-order valence-electron chi connectivity index (χ4n) is 2.68. The van der Waals surface area contributed by atoms with Crippen LogP contribution < -0.4 is 5.73 Å². The second kappa shape index (κ2) is 5.19. The summed E-state index contributed by atoms with van der Waals surface area (Å²) in [6, 6.07) is 12.6. The number of aromatic nitrogens is 2. The molecule has 3 aromatic rings. The molecule has 0 aliphatic heterocycles. The van der Waals surface area contributed by atoms with Gasteiger partial charge in [-0.05, 0) is 56.7 Å². The molecule has 0 atom stereocenters. The van der Waals surface area contributed by atoms with Crippen LogP contribution in [0.2, 0.25) is 0 Å². The third-order valence-electron chi connectivity index (χ3n) is 3.54. The summed E-state index contributed by atoms with van der Waals surface area (Å²) in [6.45, 7) is 6.43. The minimum atomic E-state index is 0.327. The molecule has 108 valence electrons. The molecule has 1 aromatic heterocycles. The van der Waals surface area contributed by atoms with Crippen LogP contribution in [0, 0.1) is 6.92 Å². The second-order valence-electron chi connectivity index (χ2n) is 5.66. The summed E-state index contributed by atoms with van der Waals surface area (Å²) in [4.78, 5) is 4.83. The number of hydrogen-bond acceptors (Lipinski definition) is 2. The maximum atomic E-state index is 5.97. The number of nitrogen functional groups attached to an aromatic ring is 1. The summed E-state index contributed by atoms with van der Waals surface area (Å²) in [5.74, 6) is 0.957. The van der Waals surface area contributed by atoms with Gasteiger partial charge < -0.3 is 10.3 Å². The molecule has 4 heteroatoms. The normalized spacial score (nSPS) is 11.5. The van der Waals surface area contributed by atoms with Crippen molar-refractivity contribution >= 4 is 32.7 Å². The van der Waals surface area contributed by atoms with E-state index in [0.717, 1.165) is 32.6 Å². The highest BCUT2D eigenvalue weighted by Gasteiger charge is 2.15. The van der Waals surface area contributed by atoms with E-state index < -0.39 is 0 Å². The van der Waals surface area contributed by atoms with Gasteiger partial charge in [0.25, 0.3) is 0 Å². The molecule has 0 amide bonds.